The van der Waals surface area contributed by atoms with Gasteiger partial charge in [0, 0.05) is 23.6 Å². The summed E-state index contributed by atoms with van der Waals surface area (Å²) in [6.07, 6.45) is 1.28. The Morgan fingerprint density at radius 1 is 1.11 bits per heavy atom. The lowest BCUT2D eigenvalue weighted by molar-refractivity contribution is -0.384. The average Bonchev–Trinajstić information content (AvgIpc) is 3.06. The van der Waals surface area contributed by atoms with Gasteiger partial charge in [-0.2, -0.15) is 5.10 Å². The van der Waals surface area contributed by atoms with Gasteiger partial charge < -0.3 is 14.7 Å². The lowest BCUT2D eigenvalue weighted by atomic mass is 10.2. The van der Waals surface area contributed by atoms with Crippen molar-refractivity contribution in [2.75, 3.05) is 7.11 Å². The number of fused-ring (bicyclic) bond motifs is 3. The highest BCUT2D eigenvalue weighted by molar-refractivity contribution is 6.04. The molecule has 10 heteroatoms. The number of nitro groups is 1. The van der Waals surface area contributed by atoms with Crippen molar-refractivity contribution in [3.8, 4) is 5.75 Å². The van der Waals surface area contributed by atoms with Crippen molar-refractivity contribution >= 4 is 33.8 Å². The van der Waals surface area contributed by atoms with E-state index in [0.717, 1.165) is 0 Å². The van der Waals surface area contributed by atoms with E-state index < -0.39 is 16.2 Å². The van der Waals surface area contributed by atoms with Crippen molar-refractivity contribution in [2.24, 2.45) is 5.10 Å². The third-order valence-corrected chi connectivity index (χ3v) is 4.26. The van der Waals surface area contributed by atoms with E-state index in [1.54, 1.807) is 18.2 Å². The van der Waals surface area contributed by atoms with Crippen LogP contribution in [0.3, 0.4) is 0 Å². The molecule has 0 fully saturated rings. The summed E-state index contributed by atoms with van der Waals surface area (Å²) in [6, 6.07) is 10.7. The highest BCUT2D eigenvalue weighted by Gasteiger charge is 2.13. The fourth-order valence-corrected chi connectivity index (χ4v) is 2.86. The highest BCUT2D eigenvalue weighted by Crippen LogP contribution is 2.24. The molecule has 0 aliphatic carbocycles. The molecule has 4 rings (SSSR count). The van der Waals surface area contributed by atoms with Gasteiger partial charge in [-0.3, -0.25) is 14.9 Å². The first-order chi connectivity index (χ1) is 13.5. The van der Waals surface area contributed by atoms with Gasteiger partial charge in [-0.05, 0) is 29.8 Å². The van der Waals surface area contributed by atoms with Gasteiger partial charge in [0.2, 0.25) is 0 Å². The minimum absolute atomic E-state index is 0.0675. The molecule has 0 radical (unpaired) electrons. The number of aromatic nitrogens is 3. The van der Waals surface area contributed by atoms with Gasteiger partial charge in [-0.25, -0.2) is 4.79 Å². The number of hydrogen-bond donors (Lipinski definition) is 2. The molecule has 0 amide bonds. The third kappa shape index (κ3) is 2.82. The van der Waals surface area contributed by atoms with Crippen molar-refractivity contribution in [1.29, 1.82) is 0 Å². The molecule has 0 atom stereocenters. The van der Waals surface area contributed by atoms with Crippen LogP contribution in [0.4, 0.5) is 5.69 Å². The van der Waals surface area contributed by atoms with Crippen LogP contribution in [0.2, 0.25) is 0 Å². The molecular weight excluding hydrogens is 366 g/mol. The van der Waals surface area contributed by atoms with E-state index >= 15 is 0 Å². The Hall–Kier alpha value is -4.21. The van der Waals surface area contributed by atoms with Crippen LogP contribution >= 0.6 is 0 Å². The van der Waals surface area contributed by atoms with Crippen LogP contribution < -0.4 is 16.0 Å². The number of methoxy groups -OCH3 is 1. The number of ether oxygens (including phenoxy) is 1. The summed E-state index contributed by atoms with van der Waals surface area (Å²) in [4.78, 5) is 40.9. The monoisotopic (exact) mass is 379 g/mol. The van der Waals surface area contributed by atoms with Crippen molar-refractivity contribution in [3.05, 3.63) is 79.0 Å². The fraction of sp³-hybridized carbons (Fsp3) is 0.0556. The van der Waals surface area contributed by atoms with E-state index in [1.165, 1.54) is 37.6 Å². The summed E-state index contributed by atoms with van der Waals surface area (Å²) in [5.74, 6) is 0.609. The first kappa shape index (κ1) is 17.2. The lowest BCUT2D eigenvalue weighted by Gasteiger charge is -1.99. The number of benzene rings is 2. The molecule has 0 saturated carbocycles. The SMILES string of the molecule is COc1ccc2c(c1)[nH]c1c(=O)n(/N=C\c3ccc([N+](=O)[O-])cc3)c(=O)[nH]c12. The van der Waals surface area contributed by atoms with Gasteiger partial charge in [-0.1, -0.05) is 0 Å². The van der Waals surface area contributed by atoms with Crippen molar-refractivity contribution in [1.82, 2.24) is 14.6 Å². The van der Waals surface area contributed by atoms with E-state index in [1.807, 2.05) is 0 Å². The second-order valence-electron chi connectivity index (χ2n) is 5.93. The number of aromatic amines is 2. The number of H-pyrrole nitrogens is 2. The van der Waals surface area contributed by atoms with Gasteiger partial charge in [0.15, 0.2) is 0 Å². The molecule has 2 N–H and O–H groups in total. The molecular formula is C18H13N5O5. The van der Waals surface area contributed by atoms with E-state index in [0.29, 0.717) is 32.4 Å². The van der Waals surface area contributed by atoms with Gasteiger partial charge in [-0.15, -0.1) is 4.68 Å². The molecule has 10 nitrogen and oxygen atoms in total. The average molecular weight is 379 g/mol. The smallest absolute Gasteiger partial charge is 0.350 e. The molecule has 0 bridgehead atoms. The van der Waals surface area contributed by atoms with E-state index in [-0.39, 0.29) is 11.2 Å². The van der Waals surface area contributed by atoms with Crippen molar-refractivity contribution < 1.29 is 9.66 Å². The Labute approximate surface area is 155 Å². The third-order valence-electron chi connectivity index (χ3n) is 4.26. The summed E-state index contributed by atoms with van der Waals surface area (Å²) in [5, 5.41) is 15.3. The zero-order valence-electron chi connectivity index (χ0n) is 14.5. The second-order valence-corrected chi connectivity index (χ2v) is 5.93. The molecule has 2 aromatic carbocycles. The predicted octanol–water partition coefficient (Wildman–Crippen LogP) is 1.97. The van der Waals surface area contributed by atoms with E-state index in [4.69, 9.17) is 4.74 Å². The van der Waals surface area contributed by atoms with Crippen LogP contribution in [-0.4, -0.2) is 32.9 Å². The number of nitro benzene ring substituents is 1. The molecule has 0 saturated heterocycles. The predicted molar refractivity (Wildman–Crippen MR) is 103 cm³/mol. The van der Waals surface area contributed by atoms with Gasteiger partial charge in [0.05, 0.1) is 29.3 Å². The first-order valence-electron chi connectivity index (χ1n) is 8.11. The molecule has 4 aromatic rings. The summed E-state index contributed by atoms with van der Waals surface area (Å²) < 4.78 is 5.86. The van der Waals surface area contributed by atoms with Crippen LogP contribution in [0, 0.1) is 10.1 Å². The van der Waals surface area contributed by atoms with Crippen LogP contribution in [0.15, 0.2) is 57.2 Å². The molecule has 0 spiro atoms. The summed E-state index contributed by atoms with van der Waals surface area (Å²) in [7, 11) is 1.53. The Morgan fingerprint density at radius 2 is 1.86 bits per heavy atom. The Balaban J connectivity index is 1.81. The zero-order valence-corrected chi connectivity index (χ0v) is 14.5. The van der Waals surface area contributed by atoms with Crippen molar-refractivity contribution in [3.63, 3.8) is 0 Å². The van der Waals surface area contributed by atoms with Gasteiger partial charge in [0.25, 0.3) is 5.69 Å². The minimum atomic E-state index is -0.702. The first-order valence-corrected chi connectivity index (χ1v) is 8.11. The topological polar surface area (TPSA) is 135 Å². The summed E-state index contributed by atoms with van der Waals surface area (Å²) in [6.45, 7) is 0. The molecule has 2 aromatic heterocycles. The van der Waals surface area contributed by atoms with E-state index in [2.05, 4.69) is 15.1 Å². The zero-order chi connectivity index (χ0) is 19.8. The standard InChI is InChI=1S/C18H13N5O5/c1-28-12-6-7-13-14(8-12)20-16-15(13)21-18(25)22(17(16)24)19-9-10-2-4-11(5-3-10)23(26)27/h2-9,20H,1H3,(H,21,25)/b19-9-. The quantitative estimate of drug-likeness (QED) is 0.317. The second kappa shape index (κ2) is 6.50. The van der Waals surface area contributed by atoms with Crippen LogP contribution in [0.25, 0.3) is 21.9 Å². The molecule has 0 unspecified atom stereocenters. The highest BCUT2D eigenvalue weighted by atomic mass is 16.6. The van der Waals surface area contributed by atoms with Crippen LogP contribution in [0.5, 0.6) is 5.75 Å². The number of rotatable bonds is 4. The normalized spacial score (nSPS) is 11.5. The number of nitrogens with one attached hydrogen (secondary N) is 2. The Kier molecular flexibility index (Phi) is 4.00. The lowest BCUT2D eigenvalue weighted by Crippen LogP contribution is -2.32. The molecule has 140 valence electrons. The molecule has 28 heavy (non-hydrogen) atoms. The van der Waals surface area contributed by atoms with Crippen molar-refractivity contribution in [2.45, 2.75) is 0 Å². The molecule has 0 aliphatic rings. The van der Waals surface area contributed by atoms with Gasteiger partial charge in [0.1, 0.15) is 11.3 Å². The number of non-ortho nitro benzene ring substituents is 1. The molecule has 2 heterocycles. The van der Waals surface area contributed by atoms with E-state index in [9.17, 15) is 19.7 Å². The largest absolute Gasteiger partial charge is 0.497 e. The fourth-order valence-electron chi connectivity index (χ4n) is 2.86. The number of hydrogen-bond acceptors (Lipinski definition) is 6. The maximum atomic E-state index is 12.7. The van der Waals surface area contributed by atoms with Crippen LogP contribution in [0.1, 0.15) is 5.56 Å². The summed E-state index contributed by atoms with van der Waals surface area (Å²) >= 11 is 0. The molecule has 0 aliphatic heterocycles. The number of nitrogens with zero attached hydrogens (tertiary/aromatic N) is 3. The Bertz CT molecular complexity index is 1360. The Morgan fingerprint density at radius 3 is 2.54 bits per heavy atom. The van der Waals surface area contributed by atoms with Gasteiger partial charge >= 0.3 is 11.2 Å². The summed E-state index contributed by atoms with van der Waals surface area (Å²) in [5.41, 5.74) is 0.331. The van der Waals surface area contributed by atoms with Crippen LogP contribution in [-0.2, 0) is 0 Å². The maximum absolute atomic E-state index is 12.7. The maximum Gasteiger partial charge on any atom is 0.350 e. The minimum Gasteiger partial charge on any atom is -0.497 e.